The van der Waals surface area contributed by atoms with E-state index < -0.39 is 23.6 Å². The van der Waals surface area contributed by atoms with Gasteiger partial charge in [-0.05, 0) is 46.0 Å². The monoisotopic (exact) mass is 412 g/mol. The molecule has 1 heterocycles. The minimum Gasteiger partial charge on any atom is -0.406 e. The molecule has 7 nitrogen and oxygen atoms in total. The summed E-state index contributed by atoms with van der Waals surface area (Å²) in [7, 11) is 0. The molecule has 28 heavy (non-hydrogen) atoms. The van der Waals surface area contributed by atoms with Crippen molar-refractivity contribution in [2.24, 2.45) is 0 Å². The van der Waals surface area contributed by atoms with Crippen LogP contribution < -0.4 is 20.4 Å². The highest BCUT2D eigenvalue weighted by Crippen LogP contribution is 2.24. The highest BCUT2D eigenvalue weighted by atomic mass is 32.2. The summed E-state index contributed by atoms with van der Waals surface area (Å²) in [4.78, 5) is 23.9. The van der Waals surface area contributed by atoms with Gasteiger partial charge in [0.2, 0.25) is 11.6 Å². The fourth-order valence-electron chi connectivity index (χ4n) is 2.20. The van der Waals surface area contributed by atoms with Crippen LogP contribution in [0.25, 0.3) is 5.69 Å². The summed E-state index contributed by atoms with van der Waals surface area (Å²) in [6.45, 7) is 0. The van der Waals surface area contributed by atoms with Crippen molar-refractivity contribution in [2.75, 3.05) is 11.1 Å². The molecule has 2 aromatic carbocycles. The second-order valence-electron chi connectivity index (χ2n) is 5.37. The number of rotatable bonds is 6. The second-order valence-corrected chi connectivity index (χ2v) is 6.33. The third kappa shape index (κ3) is 5.16. The Kier molecular flexibility index (Phi) is 5.73. The van der Waals surface area contributed by atoms with Crippen LogP contribution in [-0.4, -0.2) is 23.3 Å². The first-order valence-electron chi connectivity index (χ1n) is 7.79. The molecule has 0 aliphatic rings. The summed E-state index contributed by atoms with van der Waals surface area (Å²) < 4.78 is 46.4. The van der Waals surface area contributed by atoms with Crippen molar-refractivity contribution in [1.82, 2.24) is 5.27 Å². The number of carbonyl (C=O) groups is 1. The van der Waals surface area contributed by atoms with Crippen LogP contribution in [-0.2, 0) is 4.79 Å². The Labute approximate surface area is 160 Å². The standard InChI is InChI=1S/C17H12F3N3O4S/c18-17(19,20)26-13-8-6-11(7-9-13)21-14(24)10-28-15-16(25)27-22-23(15)12-4-2-1-3-5-12/h1-9H,10H2,(H-,21,22,24,25)/p+1. The number of benzene rings is 2. The van der Waals surface area contributed by atoms with E-state index in [0.717, 1.165) is 23.9 Å². The van der Waals surface area contributed by atoms with Crippen molar-refractivity contribution in [2.45, 2.75) is 11.4 Å². The molecule has 0 bridgehead atoms. The largest absolute Gasteiger partial charge is 0.573 e. The van der Waals surface area contributed by atoms with E-state index in [1.54, 1.807) is 24.3 Å². The minimum atomic E-state index is -4.78. The van der Waals surface area contributed by atoms with Crippen LogP contribution in [0.4, 0.5) is 18.9 Å². The first kappa shape index (κ1) is 19.5. The van der Waals surface area contributed by atoms with Crippen molar-refractivity contribution in [3.63, 3.8) is 0 Å². The molecule has 2 N–H and O–H groups in total. The van der Waals surface area contributed by atoms with Crippen LogP contribution in [0.3, 0.4) is 0 Å². The maximum absolute atomic E-state index is 12.1. The average Bonchev–Trinajstić information content (AvgIpc) is 3.02. The molecule has 0 saturated heterocycles. The number of H-pyrrole nitrogens is 1. The van der Waals surface area contributed by atoms with Gasteiger partial charge in [0, 0.05) is 17.8 Å². The number of thioether (sulfide) groups is 1. The van der Waals surface area contributed by atoms with Crippen molar-refractivity contribution < 1.29 is 31.9 Å². The van der Waals surface area contributed by atoms with Gasteiger partial charge in [-0.1, -0.05) is 18.2 Å². The third-order valence-electron chi connectivity index (χ3n) is 3.33. The van der Waals surface area contributed by atoms with Crippen LogP contribution in [0, 0.1) is 0 Å². The Morgan fingerprint density at radius 2 is 1.82 bits per heavy atom. The number of hydrogen-bond acceptors (Lipinski definition) is 5. The van der Waals surface area contributed by atoms with Gasteiger partial charge in [-0.2, -0.15) is 0 Å². The van der Waals surface area contributed by atoms with Gasteiger partial charge < -0.3 is 10.1 Å². The number of alkyl halides is 3. The van der Waals surface area contributed by atoms with Crippen molar-refractivity contribution in [3.05, 3.63) is 65.0 Å². The van der Waals surface area contributed by atoms with Crippen LogP contribution in [0.5, 0.6) is 5.75 Å². The van der Waals surface area contributed by atoms with Gasteiger partial charge in [-0.15, -0.1) is 13.2 Å². The molecular weight excluding hydrogens is 399 g/mol. The first-order valence-corrected chi connectivity index (χ1v) is 8.78. The lowest BCUT2D eigenvalue weighted by molar-refractivity contribution is -0.704. The maximum atomic E-state index is 12.1. The molecule has 0 unspecified atom stereocenters. The molecule has 0 atom stereocenters. The van der Waals surface area contributed by atoms with E-state index >= 15 is 0 Å². The number of amides is 1. The van der Waals surface area contributed by atoms with E-state index in [2.05, 4.69) is 15.3 Å². The molecule has 11 heteroatoms. The molecular formula is C17H13F3N3O4S+. The van der Waals surface area contributed by atoms with Crippen molar-refractivity contribution in [1.29, 1.82) is 0 Å². The van der Waals surface area contributed by atoms with Gasteiger partial charge in [-0.3, -0.25) is 9.32 Å². The van der Waals surface area contributed by atoms with E-state index in [0.29, 0.717) is 5.69 Å². The summed E-state index contributed by atoms with van der Waals surface area (Å²) in [5.41, 5.74) is 0.309. The molecule has 0 aliphatic heterocycles. The molecule has 146 valence electrons. The average molecular weight is 412 g/mol. The van der Waals surface area contributed by atoms with Gasteiger partial charge in [0.1, 0.15) is 5.75 Å². The summed E-state index contributed by atoms with van der Waals surface area (Å²) in [5, 5.41) is 5.16. The molecule has 0 radical (unpaired) electrons. The zero-order chi connectivity index (χ0) is 20.1. The Bertz CT molecular complexity index is 1000. The Morgan fingerprint density at radius 1 is 1.14 bits per heavy atom. The van der Waals surface area contributed by atoms with E-state index in [1.165, 1.54) is 16.8 Å². The second kappa shape index (κ2) is 8.21. The molecule has 0 spiro atoms. The Balaban J connectivity index is 1.61. The number of ether oxygens (including phenoxy) is 1. The number of aromatic amines is 1. The zero-order valence-corrected chi connectivity index (χ0v) is 14.8. The molecule has 0 aliphatic carbocycles. The highest BCUT2D eigenvalue weighted by molar-refractivity contribution is 7.99. The van der Waals surface area contributed by atoms with Gasteiger partial charge in [0.15, 0.2) is 0 Å². The predicted octanol–water partition coefficient (Wildman–Crippen LogP) is 2.87. The minimum absolute atomic E-state index is 0.115. The summed E-state index contributed by atoms with van der Waals surface area (Å²) in [6, 6.07) is 13.6. The molecule has 0 fully saturated rings. The quantitative estimate of drug-likeness (QED) is 0.480. The lowest BCUT2D eigenvalue weighted by Gasteiger charge is -2.09. The molecule has 0 saturated carbocycles. The third-order valence-corrected chi connectivity index (χ3v) is 4.36. The number of carbonyl (C=O) groups excluding carboxylic acids is 1. The van der Waals surface area contributed by atoms with Gasteiger partial charge in [0.05, 0.1) is 5.75 Å². The number of hydrogen-bond donors (Lipinski definition) is 2. The van der Waals surface area contributed by atoms with E-state index in [1.807, 2.05) is 6.07 Å². The SMILES string of the molecule is O=C(CSc1c(=O)o[nH][n+]1-c1ccccc1)Nc1ccc(OC(F)(F)F)cc1. The number of nitrogens with zero attached hydrogens (tertiary/aromatic N) is 1. The number of para-hydroxylation sites is 1. The Hall–Kier alpha value is -3.21. The lowest BCUT2D eigenvalue weighted by Crippen LogP contribution is -2.36. The highest BCUT2D eigenvalue weighted by Gasteiger charge is 2.31. The first-order chi connectivity index (χ1) is 13.3. The smallest absolute Gasteiger partial charge is 0.406 e. The van der Waals surface area contributed by atoms with E-state index in [9.17, 15) is 22.8 Å². The molecule has 1 amide bonds. The van der Waals surface area contributed by atoms with Crippen LogP contribution in [0.15, 0.2) is 68.9 Å². The van der Waals surface area contributed by atoms with Crippen LogP contribution in [0.2, 0.25) is 0 Å². The van der Waals surface area contributed by atoms with Gasteiger partial charge >= 0.3 is 17.0 Å². The normalized spacial score (nSPS) is 11.2. The maximum Gasteiger partial charge on any atom is 0.573 e. The van der Waals surface area contributed by atoms with Crippen molar-refractivity contribution in [3.8, 4) is 11.4 Å². The molecule has 1 aromatic heterocycles. The summed E-state index contributed by atoms with van der Waals surface area (Å²) in [6.07, 6.45) is -4.78. The Morgan fingerprint density at radius 3 is 2.46 bits per heavy atom. The van der Waals surface area contributed by atoms with Gasteiger partial charge in [0.25, 0.3) is 0 Å². The summed E-state index contributed by atoms with van der Waals surface area (Å²) in [5.74, 6) is -0.959. The topological polar surface area (TPSA) is 88.2 Å². The van der Waals surface area contributed by atoms with Crippen LogP contribution in [0.1, 0.15) is 0 Å². The van der Waals surface area contributed by atoms with E-state index in [-0.39, 0.29) is 16.5 Å². The van der Waals surface area contributed by atoms with Crippen LogP contribution >= 0.6 is 11.8 Å². The number of anilines is 1. The summed E-state index contributed by atoms with van der Waals surface area (Å²) >= 11 is 0.954. The molecule has 3 rings (SSSR count). The predicted molar refractivity (Wildman–Crippen MR) is 93.3 cm³/mol. The number of aromatic nitrogens is 2. The van der Waals surface area contributed by atoms with Gasteiger partial charge in [-0.25, -0.2) is 4.79 Å². The molecule has 3 aromatic rings. The lowest BCUT2D eigenvalue weighted by atomic mass is 10.3. The number of nitrogens with one attached hydrogen (secondary N) is 2. The van der Waals surface area contributed by atoms with Crippen molar-refractivity contribution >= 4 is 23.4 Å². The zero-order valence-electron chi connectivity index (χ0n) is 14.0. The fourth-order valence-corrected chi connectivity index (χ4v) is 2.98. The number of halogens is 3. The van der Waals surface area contributed by atoms with E-state index in [4.69, 9.17) is 4.52 Å². The fraction of sp³-hybridized carbons (Fsp3) is 0.118.